The van der Waals surface area contributed by atoms with Crippen molar-refractivity contribution in [3.63, 3.8) is 0 Å². The van der Waals surface area contributed by atoms with Gasteiger partial charge in [0.25, 0.3) is 0 Å². The maximum atomic E-state index is 14.0. The first-order valence-corrected chi connectivity index (χ1v) is 10.3. The molecule has 0 aliphatic carbocycles. The van der Waals surface area contributed by atoms with E-state index in [4.69, 9.17) is 22.3 Å². The van der Waals surface area contributed by atoms with Crippen LogP contribution >= 0.6 is 11.6 Å². The lowest BCUT2D eigenvalue weighted by Crippen LogP contribution is -2.37. The van der Waals surface area contributed by atoms with Crippen molar-refractivity contribution < 1.29 is 13.6 Å². The standard InChI is InChI=1S/C22H22ClF2N5O/c23-18-6-5-17(11-19(18)25)27-22-21(14-1-3-15(24)4-2-14)28-20-12-29(9-10-30(20)22)8-7-16(26)13-31/h1-6,11,13,16,27H,7-10,12,26H2/t16-/m0/s1. The molecule has 1 aromatic heterocycles. The molecule has 2 aromatic carbocycles. The van der Waals surface area contributed by atoms with Crippen LogP contribution < -0.4 is 11.1 Å². The second-order valence-electron chi connectivity index (χ2n) is 7.50. The van der Waals surface area contributed by atoms with Gasteiger partial charge in [-0.15, -0.1) is 0 Å². The number of nitrogens with zero attached hydrogens (tertiary/aromatic N) is 3. The van der Waals surface area contributed by atoms with E-state index in [0.717, 1.165) is 24.2 Å². The molecule has 2 heterocycles. The number of carbonyl (C=O) groups excluding carboxylic acids is 1. The first-order chi connectivity index (χ1) is 14.9. The average Bonchev–Trinajstić information content (AvgIpc) is 3.12. The molecule has 3 aromatic rings. The molecule has 0 unspecified atom stereocenters. The predicted molar refractivity (Wildman–Crippen MR) is 116 cm³/mol. The highest BCUT2D eigenvalue weighted by Crippen LogP contribution is 2.34. The molecule has 0 radical (unpaired) electrons. The molecular formula is C22H22ClF2N5O. The van der Waals surface area contributed by atoms with Crippen LogP contribution in [0.15, 0.2) is 42.5 Å². The van der Waals surface area contributed by atoms with Crippen molar-refractivity contribution in [2.24, 2.45) is 5.73 Å². The lowest BCUT2D eigenvalue weighted by Gasteiger charge is -2.28. The fourth-order valence-corrected chi connectivity index (χ4v) is 3.74. The summed E-state index contributed by atoms with van der Waals surface area (Å²) in [5.74, 6) is 0.667. The van der Waals surface area contributed by atoms with E-state index in [1.165, 1.54) is 24.3 Å². The number of fused-ring (bicyclic) bond motifs is 1. The Balaban J connectivity index is 1.67. The topological polar surface area (TPSA) is 76.2 Å². The predicted octanol–water partition coefficient (Wildman–Crippen LogP) is 3.96. The van der Waals surface area contributed by atoms with Crippen LogP contribution in [-0.2, 0) is 17.9 Å². The molecule has 1 atom stereocenters. The number of hydrogen-bond donors (Lipinski definition) is 2. The number of anilines is 2. The Kier molecular flexibility index (Phi) is 6.31. The SMILES string of the molecule is N[C@H](C=O)CCN1CCn2c(nc(-c3ccc(F)cc3)c2Nc2ccc(Cl)c(F)c2)C1. The fourth-order valence-electron chi connectivity index (χ4n) is 3.62. The van der Waals surface area contributed by atoms with Crippen LogP contribution in [0.4, 0.5) is 20.3 Å². The Bertz CT molecular complexity index is 1090. The number of nitrogens with two attached hydrogens (primary N) is 1. The summed E-state index contributed by atoms with van der Waals surface area (Å²) < 4.78 is 29.5. The zero-order chi connectivity index (χ0) is 22.0. The van der Waals surface area contributed by atoms with E-state index in [0.29, 0.717) is 43.3 Å². The summed E-state index contributed by atoms with van der Waals surface area (Å²) in [5, 5.41) is 3.30. The van der Waals surface area contributed by atoms with E-state index in [-0.39, 0.29) is 10.8 Å². The number of benzene rings is 2. The molecule has 0 spiro atoms. The van der Waals surface area contributed by atoms with Crippen LogP contribution in [0.25, 0.3) is 11.3 Å². The van der Waals surface area contributed by atoms with Crippen molar-refractivity contribution in [2.75, 3.05) is 18.4 Å². The highest BCUT2D eigenvalue weighted by Gasteiger charge is 2.25. The third-order valence-corrected chi connectivity index (χ3v) is 5.61. The number of nitrogens with one attached hydrogen (secondary N) is 1. The number of halogens is 3. The van der Waals surface area contributed by atoms with Crippen molar-refractivity contribution in [3.05, 3.63) is 64.9 Å². The van der Waals surface area contributed by atoms with Gasteiger partial charge in [0, 0.05) is 30.9 Å². The van der Waals surface area contributed by atoms with Crippen molar-refractivity contribution >= 4 is 29.4 Å². The number of imidazole rings is 1. The number of carbonyl (C=O) groups is 1. The second kappa shape index (κ2) is 9.13. The lowest BCUT2D eigenvalue weighted by atomic mass is 10.1. The maximum absolute atomic E-state index is 14.0. The molecule has 1 aliphatic rings. The summed E-state index contributed by atoms with van der Waals surface area (Å²) in [5.41, 5.74) is 7.64. The molecule has 4 rings (SSSR count). The van der Waals surface area contributed by atoms with Gasteiger partial charge in [0.05, 0.1) is 17.6 Å². The van der Waals surface area contributed by atoms with E-state index in [1.807, 2.05) is 4.57 Å². The van der Waals surface area contributed by atoms with Crippen LogP contribution in [-0.4, -0.2) is 39.9 Å². The van der Waals surface area contributed by atoms with E-state index in [2.05, 4.69) is 10.2 Å². The Hall–Kier alpha value is -2.81. The molecule has 0 amide bonds. The Morgan fingerprint density at radius 1 is 1.19 bits per heavy atom. The minimum Gasteiger partial charge on any atom is -0.340 e. The van der Waals surface area contributed by atoms with Gasteiger partial charge in [0.15, 0.2) is 0 Å². The Labute approximate surface area is 183 Å². The molecule has 3 N–H and O–H groups in total. The Morgan fingerprint density at radius 2 is 1.97 bits per heavy atom. The van der Waals surface area contributed by atoms with Crippen LogP contribution in [0, 0.1) is 11.6 Å². The van der Waals surface area contributed by atoms with Gasteiger partial charge in [-0.1, -0.05) is 11.6 Å². The van der Waals surface area contributed by atoms with Crippen molar-refractivity contribution in [2.45, 2.75) is 25.6 Å². The summed E-state index contributed by atoms with van der Waals surface area (Å²) in [4.78, 5) is 17.8. The number of aromatic nitrogens is 2. The summed E-state index contributed by atoms with van der Waals surface area (Å²) in [6, 6.07) is 10.1. The largest absolute Gasteiger partial charge is 0.340 e. The quantitative estimate of drug-likeness (QED) is 0.538. The van der Waals surface area contributed by atoms with E-state index in [1.54, 1.807) is 18.2 Å². The third kappa shape index (κ3) is 4.76. The van der Waals surface area contributed by atoms with Gasteiger partial charge in [-0.2, -0.15) is 0 Å². The third-order valence-electron chi connectivity index (χ3n) is 5.30. The molecule has 162 valence electrons. The lowest BCUT2D eigenvalue weighted by molar-refractivity contribution is -0.109. The molecule has 1 aliphatic heterocycles. The van der Waals surface area contributed by atoms with Crippen LogP contribution in [0.1, 0.15) is 12.2 Å². The van der Waals surface area contributed by atoms with Gasteiger partial charge in [0.2, 0.25) is 0 Å². The first-order valence-electron chi connectivity index (χ1n) is 9.95. The molecule has 6 nitrogen and oxygen atoms in total. The minimum atomic E-state index is -0.522. The summed E-state index contributed by atoms with van der Waals surface area (Å²) >= 11 is 5.81. The van der Waals surface area contributed by atoms with E-state index >= 15 is 0 Å². The van der Waals surface area contributed by atoms with Gasteiger partial charge in [-0.3, -0.25) is 4.90 Å². The molecule has 0 bridgehead atoms. The van der Waals surface area contributed by atoms with Gasteiger partial charge in [-0.25, -0.2) is 13.8 Å². The van der Waals surface area contributed by atoms with Crippen molar-refractivity contribution in [1.29, 1.82) is 0 Å². The number of hydrogen-bond acceptors (Lipinski definition) is 5. The number of aldehydes is 1. The summed E-state index contributed by atoms with van der Waals surface area (Å²) in [6.45, 7) is 2.67. The zero-order valence-corrected chi connectivity index (χ0v) is 17.4. The smallest absolute Gasteiger partial charge is 0.143 e. The van der Waals surface area contributed by atoms with Crippen LogP contribution in [0.5, 0.6) is 0 Å². The highest BCUT2D eigenvalue weighted by molar-refractivity contribution is 6.30. The molecule has 31 heavy (non-hydrogen) atoms. The highest BCUT2D eigenvalue weighted by atomic mass is 35.5. The normalized spacial score (nSPS) is 14.8. The van der Waals surface area contributed by atoms with Gasteiger partial charge in [-0.05, 0) is 48.9 Å². The first kappa shape index (κ1) is 21.4. The summed E-state index contributed by atoms with van der Waals surface area (Å²) in [6.07, 6.45) is 1.33. The van der Waals surface area contributed by atoms with E-state index < -0.39 is 11.9 Å². The average molecular weight is 446 g/mol. The molecule has 0 saturated heterocycles. The van der Waals surface area contributed by atoms with Gasteiger partial charge >= 0.3 is 0 Å². The second-order valence-corrected chi connectivity index (χ2v) is 7.91. The minimum absolute atomic E-state index is 0.0452. The van der Waals surface area contributed by atoms with Gasteiger partial charge < -0.3 is 20.4 Å². The van der Waals surface area contributed by atoms with Crippen LogP contribution in [0.2, 0.25) is 5.02 Å². The zero-order valence-electron chi connectivity index (χ0n) is 16.7. The fraction of sp³-hybridized carbons (Fsp3) is 0.273. The van der Waals surface area contributed by atoms with Crippen molar-refractivity contribution in [1.82, 2.24) is 14.5 Å². The maximum Gasteiger partial charge on any atom is 0.143 e. The van der Waals surface area contributed by atoms with Crippen molar-refractivity contribution in [3.8, 4) is 11.3 Å². The molecule has 0 fully saturated rings. The summed E-state index contributed by atoms with van der Waals surface area (Å²) in [7, 11) is 0. The number of rotatable bonds is 7. The monoisotopic (exact) mass is 445 g/mol. The van der Waals surface area contributed by atoms with Gasteiger partial charge in [0.1, 0.15) is 35.3 Å². The Morgan fingerprint density at radius 3 is 2.68 bits per heavy atom. The van der Waals surface area contributed by atoms with E-state index in [9.17, 15) is 13.6 Å². The molecular weight excluding hydrogens is 424 g/mol. The molecule has 9 heteroatoms. The van der Waals surface area contributed by atoms with Crippen LogP contribution in [0.3, 0.4) is 0 Å². The molecule has 0 saturated carbocycles.